The summed E-state index contributed by atoms with van der Waals surface area (Å²) in [6.45, 7) is 1.01. The van der Waals surface area contributed by atoms with Gasteiger partial charge in [-0.05, 0) is 37.1 Å². The summed E-state index contributed by atoms with van der Waals surface area (Å²) in [6, 6.07) is 7.23. The summed E-state index contributed by atoms with van der Waals surface area (Å²) in [5.41, 5.74) is -0.142. The molecule has 1 fully saturated rings. The average molecular weight is 446 g/mol. The summed E-state index contributed by atoms with van der Waals surface area (Å²) in [5.74, 6) is -0.0508. The Labute approximate surface area is 169 Å². The second kappa shape index (κ2) is 7.14. The van der Waals surface area contributed by atoms with E-state index in [1.807, 2.05) is 12.1 Å². The van der Waals surface area contributed by atoms with Gasteiger partial charge in [-0.25, -0.2) is 4.98 Å². The maximum atomic E-state index is 12.6. The molecule has 0 unspecified atom stereocenters. The van der Waals surface area contributed by atoms with Gasteiger partial charge in [0.2, 0.25) is 0 Å². The van der Waals surface area contributed by atoms with Crippen molar-refractivity contribution < 1.29 is 9.90 Å². The molecular weight excluding hydrogens is 426 g/mol. The number of carbonyl (C=O) groups excluding carboxylic acids is 1. The molecule has 1 amide bonds. The number of rotatable bonds is 3. The Morgan fingerprint density at radius 2 is 1.93 bits per heavy atom. The van der Waals surface area contributed by atoms with Gasteiger partial charge in [-0.3, -0.25) is 18.8 Å². The van der Waals surface area contributed by atoms with Gasteiger partial charge in [0, 0.05) is 30.2 Å². The lowest BCUT2D eigenvalue weighted by Gasteiger charge is -2.38. The van der Waals surface area contributed by atoms with Crippen LogP contribution in [0.5, 0.6) is 0 Å². The van der Waals surface area contributed by atoms with E-state index in [0.29, 0.717) is 42.5 Å². The summed E-state index contributed by atoms with van der Waals surface area (Å²) in [4.78, 5) is 31.3. The van der Waals surface area contributed by atoms with Crippen LogP contribution in [0.1, 0.15) is 23.2 Å². The number of benzene rings is 1. The lowest BCUT2D eigenvalue weighted by atomic mass is 9.91. The molecular formula is C19H20BrN5O3. The fraction of sp³-hybridized carbons (Fsp3) is 0.368. The first-order chi connectivity index (χ1) is 13.4. The molecule has 9 heteroatoms. The van der Waals surface area contributed by atoms with Crippen molar-refractivity contribution >= 4 is 32.9 Å². The molecule has 0 atom stereocenters. The number of likely N-dealkylation sites (tertiary alicyclic amines) is 1. The molecule has 1 N–H and O–H groups in total. The Hall–Kier alpha value is -2.52. The predicted octanol–water partition coefficient (Wildman–Crippen LogP) is 1.56. The fourth-order valence-corrected chi connectivity index (χ4v) is 3.82. The SMILES string of the molecule is Cn1ncc2c(=O)n(CC3(O)CCN(C(=O)c4ccc(Br)cc4)CC3)cnc21. The molecule has 1 aliphatic rings. The van der Waals surface area contributed by atoms with Crippen LogP contribution < -0.4 is 5.56 Å². The van der Waals surface area contributed by atoms with E-state index in [2.05, 4.69) is 26.0 Å². The molecule has 0 radical (unpaired) electrons. The van der Waals surface area contributed by atoms with Crippen LogP contribution >= 0.6 is 15.9 Å². The summed E-state index contributed by atoms with van der Waals surface area (Å²) in [5, 5.41) is 15.5. The Kier molecular flexibility index (Phi) is 4.80. The predicted molar refractivity (Wildman–Crippen MR) is 107 cm³/mol. The first kappa shape index (κ1) is 18.8. The van der Waals surface area contributed by atoms with Gasteiger partial charge in [0.15, 0.2) is 5.65 Å². The molecule has 2 aromatic heterocycles. The normalized spacial score (nSPS) is 16.5. The number of carbonyl (C=O) groups is 1. The molecule has 1 aromatic carbocycles. The second-order valence-corrected chi connectivity index (χ2v) is 8.12. The van der Waals surface area contributed by atoms with Crippen LogP contribution in [0.25, 0.3) is 11.0 Å². The van der Waals surface area contributed by atoms with Crippen molar-refractivity contribution in [2.45, 2.75) is 25.0 Å². The van der Waals surface area contributed by atoms with E-state index >= 15 is 0 Å². The van der Waals surface area contributed by atoms with Crippen molar-refractivity contribution in [2.75, 3.05) is 13.1 Å². The van der Waals surface area contributed by atoms with Gasteiger partial charge in [0.05, 0.1) is 18.3 Å². The monoisotopic (exact) mass is 445 g/mol. The molecule has 146 valence electrons. The van der Waals surface area contributed by atoms with Gasteiger partial charge in [-0.15, -0.1) is 0 Å². The van der Waals surface area contributed by atoms with E-state index in [0.717, 1.165) is 4.47 Å². The standard InChI is InChI=1S/C19H20BrN5O3/c1-23-16-15(10-22-23)18(27)25(12-21-16)11-19(28)6-8-24(9-7-19)17(26)13-2-4-14(20)5-3-13/h2-5,10,12,28H,6-9,11H2,1H3. The van der Waals surface area contributed by atoms with Crippen molar-refractivity contribution in [1.29, 1.82) is 0 Å². The van der Waals surface area contributed by atoms with E-state index in [9.17, 15) is 14.7 Å². The Morgan fingerprint density at radius 1 is 1.25 bits per heavy atom. The first-order valence-corrected chi connectivity index (χ1v) is 9.80. The average Bonchev–Trinajstić information content (AvgIpc) is 3.06. The second-order valence-electron chi connectivity index (χ2n) is 7.21. The molecule has 28 heavy (non-hydrogen) atoms. The molecule has 4 rings (SSSR count). The van der Waals surface area contributed by atoms with Crippen LogP contribution in [0.3, 0.4) is 0 Å². The van der Waals surface area contributed by atoms with E-state index in [1.165, 1.54) is 17.1 Å². The molecule has 3 aromatic rings. The highest BCUT2D eigenvalue weighted by atomic mass is 79.9. The molecule has 0 aliphatic carbocycles. The molecule has 3 heterocycles. The smallest absolute Gasteiger partial charge is 0.264 e. The lowest BCUT2D eigenvalue weighted by molar-refractivity contribution is -0.0299. The molecule has 0 saturated carbocycles. The lowest BCUT2D eigenvalue weighted by Crippen LogP contribution is -2.49. The number of hydrogen-bond acceptors (Lipinski definition) is 5. The largest absolute Gasteiger partial charge is 0.388 e. The minimum Gasteiger partial charge on any atom is -0.388 e. The number of nitrogens with zero attached hydrogens (tertiary/aromatic N) is 5. The summed E-state index contributed by atoms with van der Waals surface area (Å²) < 4.78 is 3.89. The topological polar surface area (TPSA) is 93.2 Å². The van der Waals surface area contributed by atoms with Gasteiger partial charge >= 0.3 is 0 Å². The van der Waals surface area contributed by atoms with Crippen LogP contribution in [0.4, 0.5) is 0 Å². The zero-order valence-electron chi connectivity index (χ0n) is 15.4. The Bertz CT molecular complexity index is 1080. The van der Waals surface area contributed by atoms with Crippen molar-refractivity contribution in [2.24, 2.45) is 7.05 Å². The molecule has 8 nitrogen and oxygen atoms in total. The first-order valence-electron chi connectivity index (χ1n) is 9.01. The fourth-order valence-electron chi connectivity index (χ4n) is 3.56. The summed E-state index contributed by atoms with van der Waals surface area (Å²) >= 11 is 3.36. The van der Waals surface area contributed by atoms with Crippen molar-refractivity contribution in [3.8, 4) is 0 Å². The summed E-state index contributed by atoms with van der Waals surface area (Å²) in [6.07, 6.45) is 3.73. The van der Waals surface area contributed by atoms with Gasteiger partial charge in [-0.1, -0.05) is 15.9 Å². The van der Waals surface area contributed by atoms with Crippen LogP contribution in [-0.2, 0) is 13.6 Å². The van der Waals surface area contributed by atoms with E-state index < -0.39 is 5.60 Å². The number of halogens is 1. The van der Waals surface area contributed by atoms with E-state index in [1.54, 1.807) is 28.8 Å². The van der Waals surface area contributed by atoms with E-state index in [4.69, 9.17) is 0 Å². The van der Waals surface area contributed by atoms with Crippen LogP contribution in [0, 0.1) is 0 Å². The third kappa shape index (κ3) is 3.47. The maximum absolute atomic E-state index is 12.6. The molecule has 1 aliphatic heterocycles. The molecule has 1 saturated heterocycles. The third-order valence-corrected chi connectivity index (χ3v) is 5.78. The molecule has 0 spiro atoms. The molecule has 0 bridgehead atoms. The van der Waals surface area contributed by atoms with Gasteiger partial charge in [0.1, 0.15) is 11.7 Å². The highest BCUT2D eigenvalue weighted by molar-refractivity contribution is 9.10. The third-order valence-electron chi connectivity index (χ3n) is 5.26. The van der Waals surface area contributed by atoms with Gasteiger partial charge in [-0.2, -0.15) is 5.10 Å². The Balaban J connectivity index is 1.46. The van der Waals surface area contributed by atoms with Crippen molar-refractivity contribution in [3.63, 3.8) is 0 Å². The minimum atomic E-state index is -1.06. The number of amides is 1. The van der Waals surface area contributed by atoms with Gasteiger partial charge in [0.25, 0.3) is 11.5 Å². The zero-order valence-corrected chi connectivity index (χ0v) is 17.0. The summed E-state index contributed by atoms with van der Waals surface area (Å²) in [7, 11) is 1.73. The minimum absolute atomic E-state index is 0.0508. The number of aryl methyl sites for hydroxylation is 1. The number of aromatic nitrogens is 4. The zero-order chi connectivity index (χ0) is 19.9. The van der Waals surface area contributed by atoms with Crippen LogP contribution in [0.2, 0.25) is 0 Å². The quantitative estimate of drug-likeness (QED) is 0.659. The maximum Gasteiger partial charge on any atom is 0.264 e. The number of piperidine rings is 1. The van der Waals surface area contributed by atoms with Gasteiger partial charge < -0.3 is 10.0 Å². The number of aliphatic hydroxyl groups is 1. The van der Waals surface area contributed by atoms with Crippen molar-refractivity contribution in [1.82, 2.24) is 24.2 Å². The highest BCUT2D eigenvalue weighted by Gasteiger charge is 2.35. The highest BCUT2D eigenvalue weighted by Crippen LogP contribution is 2.25. The van der Waals surface area contributed by atoms with E-state index in [-0.39, 0.29) is 18.0 Å². The van der Waals surface area contributed by atoms with Crippen LogP contribution in [0.15, 0.2) is 46.1 Å². The number of fused-ring (bicyclic) bond motifs is 1. The Morgan fingerprint density at radius 3 is 2.61 bits per heavy atom. The van der Waals surface area contributed by atoms with Crippen molar-refractivity contribution in [3.05, 3.63) is 57.2 Å². The number of hydrogen-bond donors (Lipinski definition) is 1. The van der Waals surface area contributed by atoms with Crippen LogP contribution in [-0.4, -0.2) is 53.9 Å².